The van der Waals surface area contributed by atoms with Crippen LogP contribution in [0.25, 0.3) is 22.4 Å². The Balaban J connectivity index is 1.44. The lowest BCUT2D eigenvalue weighted by Crippen LogP contribution is -2.58. The number of nitrogens with one attached hydrogen (secondary N) is 2. The molecule has 6 aromatic rings. The van der Waals surface area contributed by atoms with Crippen LogP contribution in [0.3, 0.4) is 0 Å². The van der Waals surface area contributed by atoms with Crippen molar-refractivity contribution in [2.75, 3.05) is 31.4 Å². The molecular formula is C52H55N3O6S2. The number of nitrogens with zero attached hydrogens (tertiary/aromatic N) is 1. The number of carboxylic acids is 1. The maximum Gasteiger partial charge on any atom is 0.407 e. The normalized spacial score (nSPS) is 13.0. The predicted molar refractivity (Wildman–Crippen MR) is 257 cm³/mol. The molecule has 2 atom stereocenters. The second-order valence-corrected chi connectivity index (χ2v) is 18.3. The fourth-order valence-corrected chi connectivity index (χ4v) is 9.68. The highest BCUT2D eigenvalue weighted by Crippen LogP contribution is 2.49. The van der Waals surface area contributed by atoms with Gasteiger partial charge >= 0.3 is 12.1 Å². The number of hydrogen-bond donors (Lipinski definition) is 3. The number of ketones is 1. The molecule has 1 aromatic heterocycles. The lowest BCUT2D eigenvalue weighted by atomic mass is 9.84. The zero-order chi connectivity index (χ0) is 44.9. The van der Waals surface area contributed by atoms with Crippen LogP contribution >= 0.6 is 23.5 Å². The van der Waals surface area contributed by atoms with Crippen LogP contribution in [-0.4, -0.2) is 76.5 Å². The summed E-state index contributed by atoms with van der Waals surface area (Å²) in [6.07, 6.45) is 1.59. The maximum atomic E-state index is 14.0. The average Bonchev–Trinajstić information content (AvgIpc) is 3.30. The zero-order valence-corrected chi connectivity index (χ0v) is 38.0. The molecular weight excluding hydrogens is 827 g/mol. The summed E-state index contributed by atoms with van der Waals surface area (Å²) in [5.41, 5.74) is 4.63. The fraction of sp³-hybridized carbons (Fsp3) is 0.269. The molecule has 0 fully saturated rings. The topological polar surface area (TPSA) is 127 Å². The lowest BCUT2D eigenvalue weighted by molar-refractivity contribution is -0.150. The number of Topliss-reactive ketones (excluding diaryl/α,β-unsaturated/α-hetero) is 1. The first-order valence-corrected chi connectivity index (χ1v) is 23.3. The van der Waals surface area contributed by atoms with E-state index in [0.717, 1.165) is 33.4 Å². The van der Waals surface area contributed by atoms with Crippen LogP contribution < -0.4 is 15.4 Å². The van der Waals surface area contributed by atoms with Gasteiger partial charge in [0.05, 0.1) is 10.4 Å². The molecule has 5 aromatic carbocycles. The van der Waals surface area contributed by atoms with E-state index in [9.17, 15) is 19.5 Å². The molecule has 0 aliphatic heterocycles. The van der Waals surface area contributed by atoms with Gasteiger partial charge in [0.1, 0.15) is 5.60 Å². The number of aliphatic carboxylic acids is 1. The van der Waals surface area contributed by atoms with Gasteiger partial charge in [-0.2, -0.15) is 11.8 Å². The Kier molecular flexibility index (Phi) is 15.9. The Hall–Kier alpha value is -5.88. The Morgan fingerprint density at radius 1 is 0.714 bits per heavy atom. The molecule has 3 N–H and O–H groups in total. The van der Waals surface area contributed by atoms with Gasteiger partial charge in [-0.25, -0.2) is 14.6 Å². The van der Waals surface area contributed by atoms with Crippen LogP contribution in [0.5, 0.6) is 5.88 Å². The van der Waals surface area contributed by atoms with Crippen molar-refractivity contribution in [2.24, 2.45) is 0 Å². The number of carboxylic acid groups (broad SMARTS) is 1. The average molecular weight is 882 g/mol. The van der Waals surface area contributed by atoms with Gasteiger partial charge in [-0.05, 0) is 86.6 Å². The highest BCUT2D eigenvalue weighted by molar-refractivity contribution is 8.00. The number of ether oxygens (including phenoxy) is 2. The number of pyridine rings is 1. The third kappa shape index (κ3) is 11.4. The van der Waals surface area contributed by atoms with Crippen molar-refractivity contribution in [3.63, 3.8) is 0 Å². The van der Waals surface area contributed by atoms with E-state index in [-0.39, 0.29) is 18.7 Å². The molecule has 0 aliphatic carbocycles. The largest absolute Gasteiger partial charge is 0.480 e. The fourth-order valence-electron chi connectivity index (χ4n) is 7.61. The van der Waals surface area contributed by atoms with Gasteiger partial charge in [0.25, 0.3) is 0 Å². The van der Waals surface area contributed by atoms with Gasteiger partial charge < -0.3 is 19.9 Å². The van der Waals surface area contributed by atoms with Gasteiger partial charge in [0, 0.05) is 22.9 Å². The summed E-state index contributed by atoms with van der Waals surface area (Å²) < 4.78 is 11.5. The molecule has 0 radical (unpaired) electrons. The van der Waals surface area contributed by atoms with E-state index in [1.165, 1.54) is 18.8 Å². The van der Waals surface area contributed by atoms with Crippen molar-refractivity contribution in [3.8, 4) is 28.3 Å². The molecule has 326 valence electrons. The van der Waals surface area contributed by atoms with E-state index in [1.807, 2.05) is 148 Å². The van der Waals surface area contributed by atoms with Crippen LogP contribution in [0.15, 0.2) is 158 Å². The van der Waals surface area contributed by atoms with Crippen molar-refractivity contribution >= 4 is 41.4 Å². The molecule has 0 spiro atoms. The number of likely N-dealkylation sites (N-methyl/N-ethyl adjacent to an activating group) is 1. The molecule has 1 heterocycles. The van der Waals surface area contributed by atoms with Crippen LogP contribution in [0, 0.1) is 0 Å². The van der Waals surface area contributed by atoms with E-state index in [0.29, 0.717) is 22.8 Å². The van der Waals surface area contributed by atoms with Crippen LogP contribution in [-0.2, 0) is 25.5 Å². The standard InChI is InChI=1S/C52H55N3O6S2/c1-50(2,3)61-49(59)54-42(36-63-52(39-22-12-7-13-23-39,40-24-14-8-15-25-40)41-26-16-9-17-27-41)34-38-30-31-45(44-29-19-18-28-43(44)37-20-10-6-11-21-37)55-47(38)60-35-46(56)51(53-4,48(57)58)32-33-62-5/h6-31,42,53H,32-36H2,1-5H3,(H,54,59)(H,57,58)/t42?,51-/m1/s1. The smallest absolute Gasteiger partial charge is 0.407 e. The quantitative estimate of drug-likeness (QED) is 0.0504. The van der Waals surface area contributed by atoms with E-state index in [2.05, 4.69) is 47.0 Å². The summed E-state index contributed by atoms with van der Waals surface area (Å²) in [6, 6.07) is 52.2. The number of benzene rings is 5. The van der Waals surface area contributed by atoms with Crippen LogP contribution in [0.1, 0.15) is 49.4 Å². The molecule has 0 aliphatic rings. The van der Waals surface area contributed by atoms with E-state index < -0.39 is 46.4 Å². The minimum absolute atomic E-state index is 0.0675. The summed E-state index contributed by atoms with van der Waals surface area (Å²) >= 11 is 3.15. The van der Waals surface area contributed by atoms with Crippen LogP contribution in [0.4, 0.5) is 4.79 Å². The molecule has 1 amide bonds. The first-order chi connectivity index (χ1) is 30.4. The van der Waals surface area contributed by atoms with Crippen molar-refractivity contribution < 1.29 is 29.0 Å². The maximum absolute atomic E-state index is 14.0. The molecule has 0 bridgehead atoms. The van der Waals surface area contributed by atoms with Crippen molar-refractivity contribution in [3.05, 3.63) is 180 Å². The van der Waals surface area contributed by atoms with Crippen LogP contribution in [0.2, 0.25) is 0 Å². The Bertz CT molecular complexity index is 2340. The number of thioether (sulfide) groups is 2. The third-order valence-corrected chi connectivity index (χ3v) is 13.1. The molecule has 0 saturated carbocycles. The monoisotopic (exact) mass is 881 g/mol. The van der Waals surface area contributed by atoms with Gasteiger partial charge in [0.2, 0.25) is 11.7 Å². The molecule has 9 nitrogen and oxygen atoms in total. The van der Waals surface area contributed by atoms with Crippen molar-refractivity contribution in [1.82, 2.24) is 15.6 Å². The Labute approximate surface area is 379 Å². The highest BCUT2D eigenvalue weighted by atomic mass is 32.2. The number of carbonyl (C=O) groups excluding carboxylic acids is 2. The highest BCUT2D eigenvalue weighted by Gasteiger charge is 2.44. The van der Waals surface area contributed by atoms with Crippen molar-refractivity contribution in [1.29, 1.82) is 0 Å². The molecule has 0 saturated heterocycles. The molecule has 63 heavy (non-hydrogen) atoms. The SMILES string of the molecule is CN[C@@](CCSC)(C(=O)O)C(=O)COc1nc(-c2ccccc2-c2ccccc2)ccc1CC(CSC(c1ccccc1)(c1ccccc1)c1ccccc1)NC(=O)OC(C)(C)C. The number of alkyl carbamates (subject to hydrolysis) is 1. The second-order valence-electron chi connectivity index (χ2n) is 16.1. The molecule has 11 heteroatoms. The number of aromatic nitrogens is 1. The summed E-state index contributed by atoms with van der Waals surface area (Å²) in [7, 11) is 1.47. The third-order valence-electron chi connectivity index (χ3n) is 10.7. The number of amides is 1. The lowest BCUT2D eigenvalue weighted by Gasteiger charge is -2.37. The number of carbonyl (C=O) groups is 3. The van der Waals surface area contributed by atoms with Gasteiger partial charge in [-0.15, -0.1) is 11.8 Å². The predicted octanol–water partition coefficient (Wildman–Crippen LogP) is 10.3. The Morgan fingerprint density at radius 3 is 1.75 bits per heavy atom. The minimum atomic E-state index is -1.85. The summed E-state index contributed by atoms with van der Waals surface area (Å²) in [4.78, 5) is 45.4. The summed E-state index contributed by atoms with van der Waals surface area (Å²) in [6.45, 7) is 4.91. The minimum Gasteiger partial charge on any atom is -0.480 e. The summed E-state index contributed by atoms with van der Waals surface area (Å²) in [5.74, 6) is -0.896. The van der Waals surface area contributed by atoms with E-state index >= 15 is 0 Å². The van der Waals surface area contributed by atoms with Gasteiger partial charge in [-0.1, -0.05) is 152 Å². The second kappa shape index (κ2) is 21.5. The Morgan fingerprint density at radius 2 is 1.24 bits per heavy atom. The first-order valence-electron chi connectivity index (χ1n) is 20.9. The first kappa shape index (κ1) is 46.6. The number of hydrogen-bond acceptors (Lipinski definition) is 9. The van der Waals surface area contributed by atoms with Gasteiger partial charge in [0.15, 0.2) is 12.1 Å². The van der Waals surface area contributed by atoms with Crippen molar-refractivity contribution in [2.45, 2.75) is 55.5 Å². The summed E-state index contributed by atoms with van der Waals surface area (Å²) in [5, 5.41) is 16.3. The van der Waals surface area contributed by atoms with Gasteiger partial charge in [-0.3, -0.25) is 10.1 Å². The van der Waals surface area contributed by atoms with E-state index in [1.54, 1.807) is 11.8 Å². The molecule has 1 unspecified atom stereocenters. The number of rotatable bonds is 20. The van der Waals surface area contributed by atoms with E-state index in [4.69, 9.17) is 14.5 Å². The molecule has 6 rings (SSSR count). The zero-order valence-electron chi connectivity index (χ0n) is 36.4.